The first kappa shape index (κ1) is 16.9. The number of Topliss-reactive ketones (excluding diaryl/α,β-unsaturated/α-hetero) is 1. The molecule has 0 bridgehead atoms. The number of allylic oxidation sites excluding steroid dienone is 1. The summed E-state index contributed by atoms with van der Waals surface area (Å²) in [5.41, 5.74) is 0.386. The molecule has 0 aliphatic heterocycles. The number of hydrogen-bond acceptors (Lipinski definition) is 5. The molecule has 1 aliphatic rings. The van der Waals surface area contributed by atoms with E-state index in [2.05, 4.69) is 0 Å². The highest BCUT2D eigenvalue weighted by atomic mass is 16.6. The molecule has 6 heteroatoms. The smallest absolute Gasteiger partial charge is 0.338 e. The molecule has 1 aromatic carbocycles. The molecule has 0 spiro atoms. The van der Waals surface area contributed by atoms with Crippen LogP contribution in [-0.2, 0) is 9.53 Å². The second-order valence-electron chi connectivity index (χ2n) is 6.41. The lowest BCUT2D eigenvalue weighted by molar-refractivity contribution is -0.384. The molecule has 0 fully saturated rings. The van der Waals surface area contributed by atoms with Crippen molar-refractivity contribution in [2.75, 3.05) is 0 Å². The highest BCUT2D eigenvalue weighted by molar-refractivity contribution is 5.95. The van der Waals surface area contributed by atoms with Gasteiger partial charge in [0.15, 0.2) is 5.78 Å². The number of ether oxygens (including phenoxy) is 1. The van der Waals surface area contributed by atoms with Crippen molar-refractivity contribution >= 4 is 17.4 Å². The van der Waals surface area contributed by atoms with Gasteiger partial charge in [0, 0.05) is 30.4 Å². The Morgan fingerprint density at radius 3 is 2.48 bits per heavy atom. The topological polar surface area (TPSA) is 86.5 Å². The number of nitrogens with zero attached hydrogens (tertiary/aromatic N) is 1. The molecule has 2 rings (SSSR count). The molecule has 0 aromatic heterocycles. The fourth-order valence-corrected chi connectivity index (χ4v) is 2.51. The van der Waals surface area contributed by atoms with Crippen LogP contribution >= 0.6 is 0 Å². The van der Waals surface area contributed by atoms with Crippen molar-refractivity contribution in [3.05, 3.63) is 51.6 Å². The van der Waals surface area contributed by atoms with Crippen molar-refractivity contribution in [2.24, 2.45) is 5.41 Å². The average Bonchev–Trinajstić information content (AvgIpc) is 2.58. The lowest BCUT2D eigenvalue weighted by Gasteiger charge is -2.31. The minimum atomic E-state index is -0.543. The fraction of sp³-hybridized carbons (Fsp3) is 0.412. The van der Waals surface area contributed by atoms with E-state index in [1.54, 1.807) is 13.0 Å². The van der Waals surface area contributed by atoms with E-state index in [0.717, 1.165) is 0 Å². The number of benzene rings is 1. The predicted molar refractivity (Wildman–Crippen MR) is 84.1 cm³/mol. The van der Waals surface area contributed by atoms with Crippen LogP contribution in [0.1, 0.15) is 44.0 Å². The second kappa shape index (κ2) is 6.32. The number of carbonyl (C=O) groups is 2. The highest BCUT2D eigenvalue weighted by Crippen LogP contribution is 2.35. The van der Waals surface area contributed by atoms with Crippen molar-refractivity contribution < 1.29 is 19.2 Å². The zero-order chi connectivity index (χ0) is 17.2. The molecule has 1 aromatic rings. The molecule has 122 valence electrons. The summed E-state index contributed by atoms with van der Waals surface area (Å²) in [6.45, 7) is 5.55. The SMILES string of the molecule is CC1=CCC(OC(=O)c2ccc([N+](=O)[O-])cc2)C(C)(C)CC1=O. The van der Waals surface area contributed by atoms with Gasteiger partial charge in [-0.3, -0.25) is 14.9 Å². The molecule has 0 N–H and O–H groups in total. The molecule has 0 radical (unpaired) electrons. The Morgan fingerprint density at radius 2 is 1.91 bits per heavy atom. The van der Waals surface area contributed by atoms with E-state index in [-0.39, 0.29) is 17.0 Å². The minimum absolute atomic E-state index is 0.0592. The quantitative estimate of drug-likeness (QED) is 0.484. The fourth-order valence-electron chi connectivity index (χ4n) is 2.51. The average molecular weight is 317 g/mol. The molecule has 0 amide bonds. The normalized spacial score (nSPS) is 20.4. The summed E-state index contributed by atoms with van der Waals surface area (Å²) in [5.74, 6) is -0.484. The Bertz CT molecular complexity index is 673. The van der Waals surface area contributed by atoms with Crippen LogP contribution < -0.4 is 0 Å². The van der Waals surface area contributed by atoms with Gasteiger partial charge in [0.2, 0.25) is 0 Å². The molecule has 0 heterocycles. The number of esters is 1. The summed E-state index contributed by atoms with van der Waals surface area (Å²) in [6.07, 6.45) is 2.16. The molecule has 1 unspecified atom stereocenters. The lowest BCUT2D eigenvalue weighted by atomic mass is 9.81. The maximum atomic E-state index is 12.3. The van der Waals surface area contributed by atoms with Gasteiger partial charge in [-0.25, -0.2) is 4.79 Å². The van der Waals surface area contributed by atoms with E-state index in [4.69, 9.17) is 4.74 Å². The van der Waals surface area contributed by atoms with E-state index in [1.165, 1.54) is 24.3 Å². The first-order chi connectivity index (χ1) is 10.7. The van der Waals surface area contributed by atoms with E-state index in [1.807, 2.05) is 13.8 Å². The van der Waals surface area contributed by atoms with Crippen molar-refractivity contribution in [1.29, 1.82) is 0 Å². The van der Waals surface area contributed by atoms with Gasteiger partial charge >= 0.3 is 5.97 Å². The van der Waals surface area contributed by atoms with E-state index >= 15 is 0 Å². The van der Waals surface area contributed by atoms with Gasteiger partial charge in [0.25, 0.3) is 5.69 Å². The number of ketones is 1. The van der Waals surface area contributed by atoms with Gasteiger partial charge in [0.1, 0.15) is 6.10 Å². The molecule has 23 heavy (non-hydrogen) atoms. The van der Waals surface area contributed by atoms with E-state index < -0.39 is 22.4 Å². The maximum Gasteiger partial charge on any atom is 0.338 e. The third-order valence-electron chi connectivity index (χ3n) is 4.13. The Morgan fingerprint density at radius 1 is 1.30 bits per heavy atom. The monoisotopic (exact) mass is 317 g/mol. The summed E-state index contributed by atoms with van der Waals surface area (Å²) >= 11 is 0. The van der Waals surface area contributed by atoms with E-state index in [9.17, 15) is 19.7 Å². The number of non-ortho nitro benzene ring substituents is 1. The van der Waals surface area contributed by atoms with Gasteiger partial charge in [0.05, 0.1) is 10.5 Å². The zero-order valence-electron chi connectivity index (χ0n) is 13.4. The molecule has 1 atom stereocenters. The molecular weight excluding hydrogens is 298 g/mol. The molecule has 6 nitrogen and oxygen atoms in total. The summed E-state index contributed by atoms with van der Waals surface area (Å²) in [4.78, 5) is 34.3. The first-order valence-electron chi connectivity index (χ1n) is 7.36. The summed E-state index contributed by atoms with van der Waals surface area (Å²) < 4.78 is 5.56. The first-order valence-corrected chi connectivity index (χ1v) is 7.36. The van der Waals surface area contributed by atoms with Crippen molar-refractivity contribution in [3.63, 3.8) is 0 Å². The van der Waals surface area contributed by atoms with Crippen LogP contribution in [-0.4, -0.2) is 22.8 Å². The summed E-state index contributed by atoms with van der Waals surface area (Å²) in [5, 5.41) is 10.6. The maximum absolute atomic E-state index is 12.3. The van der Waals surface area contributed by atoms with Crippen LogP contribution in [0.15, 0.2) is 35.9 Å². The molecule has 0 saturated carbocycles. The number of rotatable bonds is 3. The van der Waals surface area contributed by atoms with Gasteiger partial charge in [-0.15, -0.1) is 0 Å². The zero-order valence-corrected chi connectivity index (χ0v) is 13.4. The van der Waals surface area contributed by atoms with Gasteiger partial charge in [-0.1, -0.05) is 19.9 Å². The summed E-state index contributed by atoms with van der Waals surface area (Å²) in [7, 11) is 0. The van der Waals surface area contributed by atoms with Gasteiger partial charge < -0.3 is 4.74 Å². The number of carbonyl (C=O) groups excluding carboxylic acids is 2. The third-order valence-corrected chi connectivity index (χ3v) is 4.13. The van der Waals surface area contributed by atoms with Gasteiger partial charge in [-0.05, 0) is 24.6 Å². The van der Waals surface area contributed by atoms with Crippen LogP contribution in [0, 0.1) is 15.5 Å². The molecule has 0 saturated heterocycles. The highest BCUT2D eigenvalue weighted by Gasteiger charge is 2.36. The lowest BCUT2D eigenvalue weighted by Crippen LogP contribution is -2.34. The van der Waals surface area contributed by atoms with Gasteiger partial charge in [-0.2, -0.15) is 0 Å². The van der Waals surface area contributed by atoms with Crippen LogP contribution in [0.3, 0.4) is 0 Å². The number of nitro benzene ring substituents is 1. The summed E-state index contributed by atoms with van der Waals surface area (Å²) in [6, 6.07) is 5.28. The largest absolute Gasteiger partial charge is 0.458 e. The molecule has 1 aliphatic carbocycles. The Hall–Kier alpha value is -2.50. The van der Waals surface area contributed by atoms with E-state index in [0.29, 0.717) is 18.4 Å². The Labute approximate surface area is 134 Å². The minimum Gasteiger partial charge on any atom is -0.458 e. The van der Waals surface area contributed by atoms with Crippen LogP contribution in [0.2, 0.25) is 0 Å². The number of hydrogen-bond donors (Lipinski definition) is 0. The van der Waals surface area contributed by atoms with Crippen molar-refractivity contribution in [1.82, 2.24) is 0 Å². The van der Waals surface area contributed by atoms with Crippen LogP contribution in [0.25, 0.3) is 0 Å². The van der Waals surface area contributed by atoms with Crippen molar-refractivity contribution in [2.45, 2.75) is 39.7 Å². The number of nitro groups is 1. The van der Waals surface area contributed by atoms with Crippen LogP contribution in [0.5, 0.6) is 0 Å². The van der Waals surface area contributed by atoms with Crippen LogP contribution in [0.4, 0.5) is 5.69 Å². The molecular formula is C17H19NO5. The predicted octanol–water partition coefficient (Wildman–Crippen LogP) is 3.46. The Kier molecular flexibility index (Phi) is 4.63. The Balaban J connectivity index is 2.15. The van der Waals surface area contributed by atoms with Crippen molar-refractivity contribution in [3.8, 4) is 0 Å². The standard InChI is InChI=1S/C17H19NO5/c1-11-4-9-15(17(2,3)10-14(11)19)23-16(20)12-5-7-13(8-6-12)18(21)22/h4-8,15H,9-10H2,1-3H3. The second-order valence-corrected chi connectivity index (χ2v) is 6.41. The third kappa shape index (κ3) is 3.83.